The summed E-state index contributed by atoms with van der Waals surface area (Å²) in [6.07, 6.45) is 6.25. The van der Waals surface area contributed by atoms with E-state index in [0.717, 1.165) is 18.8 Å². The molecule has 25 heavy (non-hydrogen) atoms. The zero-order valence-electron chi connectivity index (χ0n) is 15.1. The van der Waals surface area contributed by atoms with Crippen LogP contribution in [0, 0.1) is 0 Å². The largest absolute Gasteiger partial charge is 0.496 e. The van der Waals surface area contributed by atoms with Crippen molar-refractivity contribution in [1.82, 2.24) is 10.6 Å². The maximum Gasteiger partial charge on any atom is 0.123 e. The maximum absolute atomic E-state index is 5.49. The lowest BCUT2D eigenvalue weighted by Gasteiger charge is -2.34. The lowest BCUT2D eigenvalue weighted by atomic mass is 9.90. The van der Waals surface area contributed by atoms with Gasteiger partial charge in [-0.25, -0.2) is 0 Å². The van der Waals surface area contributed by atoms with Crippen LogP contribution in [-0.2, 0) is 19.4 Å². The molecule has 0 bridgehead atoms. The fraction of sp³-hybridized carbons (Fsp3) is 0.455. The third-order valence-electron chi connectivity index (χ3n) is 5.69. The average molecular weight is 336 g/mol. The molecule has 2 aliphatic rings. The van der Waals surface area contributed by atoms with Crippen LogP contribution < -0.4 is 15.4 Å². The van der Waals surface area contributed by atoms with Crippen molar-refractivity contribution in [2.45, 2.75) is 50.7 Å². The third-order valence-corrected chi connectivity index (χ3v) is 5.69. The van der Waals surface area contributed by atoms with Gasteiger partial charge in [-0.3, -0.25) is 0 Å². The van der Waals surface area contributed by atoms with Gasteiger partial charge in [-0.05, 0) is 61.4 Å². The van der Waals surface area contributed by atoms with Crippen molar-refractivity contribution in [1.29, 1.82) is 0 Å². The van der Waals surface area contributed by atoms with E-state index in [0.29, 0.717) is 12.1 Å². The highest BCUT2D eigenvalue weighted by Crippen LogP contribution is 2.29. The number of benzene rings is 2. The molecule has 2 N–H and O–H groups in total. The molecular formula is C22H28N2O. The Morgan fingerprint density at radius 1 is 1.08 bits per heavy atom. The van der Waals surface area contributed by atoms with Crippen LogP contribution in [0.25, 0.3) is 0 Å². The van der Waals surface area contributed by atoms with Gasteiger partial charge in [0.1, 0.15) is 5.75 Å². The Hall–Kier alpha value is -1.84. The Bertz CT molecular complexity index is 728. The molecule has 132 valence electrons. The number of ether oxygens (including phenoxy) is 1. The summed E-state index contributed by atoms with van der Waals surface area (Å²) in [5, 5.41) is 7.53. The van der Waals surface area contributed by atoms with Gasteiger partial charge in [0.2, 0.25) is 0 Å². The fourth-order valence-corrected chi connectivity index (χ4v) is 4.33. The van der Waals surface area contributed by atoms with Crippen molar-refractivity contribution in [3.63, 3.8) is 0 Å². The summed E-state index contributed by atoms with van der Waals surface area (Å²) in [7, 11) is 1.74. The van der Waals surface area contributed by atoms with E-state index in [1.165, 1.54) is 43.2 Å². The summed E-state index contributed by atoms with van der Waals surface area (Å²) in [6.45, 7) is 1.95. The molecule has 0 saturated carbocycles. The lowest BCUT2D eigenvalue weighted by Crippen LogP contribution is -2.45. The van der Waals surface area contributed by atoms with Crippen LogP contribution in [-0.4, -0.2) is 19.7 Å². The predicted molar refractivity (Wildman–Crippen MR) is 102 cm³/mol. The van der Waals surface area contributed by atoms with E-state index < -0.39 is 0 Å². The van der Waals surface area contributed by atoms with Crippen LogP contribution in [0.2, 0.25) is 0 Å². The van der Waals surface area contributed by atoms with Crippen molar-refractivity contribution in [3.05, 3.63) is 64.7 Å². The standard InChI is InChI=1S/C22H28N2O/c1-25-21-10-3-2-6-19(21)15-24-20-9-5-13-23-22(20)18-12-11-16-7-4-8-17(16)14-18/h2-3,6,10-12,14,20,22-24H,4-5,7-9,13,15H2,1H3/t20-,22-/m0/s1. The molecule has 1 aliphatic heterocycles. The smallest absolute Gasteiger partial charge is 0.123 e. The normalized spacial score (nSPS) is 22.6. The Balaban J connectivity index is 1.49. The molecule has 4 rings (SSSR count). The van der Waals surface area contributed by atoms with Crippen LogP contribution in [0.4, 0.5) is 0 Å². The van der Waals surface area contributed by atoms with Gasteiger partial charge in [-0.2, -0.15) is 0 Å². The second-order valence-corrected chi connectivity index (χ2v) is 7.25. The molecule has 2 aromatic rings. The van der Waals surface area contributed by atoms with Crippen molar-refractivity contribution >= 4 is 0 Å². The molecule has 0 unspecified atom stereocenters. The van der Waals surface area contributed by atoms with Crippen LogP contribution in [0.15, 0.2) is 42.5 Å². The number of rotatable bonds is 5. The summed E-state index contributed by atoms with van der Waals surface area (Å²) >= 11 is 0. The SMILES string of the molecule is COc1ccccc1CN[C@H]1CCCN[C@H]1c1ccc2c(c1)CCC2. The molecule has 3 heteroatoms. The van der Waals surface area contributed by atoms with E-state index in [1.54, 1.807) is 18.2 Å². The Labute approximate surface area is 150 Å². The number of fused-ring (bicyclic) bond motifs is 1. The molecular weight excluding hydrogens is 308 g/mol. The van der Waals surface area contributed by atoms with Gasteiger partial charge < -0.3 is 15.4 Å². The highest BCUT2D eigenvalue weighted by molar-refractivity contribution is 5.37. The summed E-state index contributed by atoms with van der Waals surface area (Å²) < 4.78 is 5.49. The zero-order valence-corrected chi connectivity index (χ0v) is 15.1. The topological polar surface area (TPSA) is 33.3 Å². The van der Waals surface area contributed by atoms with Gasteiger partial charge in [0.05, 0.1) is 7.11 Å². The Morgan fingerprint density at radius 3 is 2.88 bits per heavy atom. The number of aryl methyl sites for hydroxylation is 2. The van der Waals surface area contributed by atoms with E-state index >= 15 is 0 Å². The molecule has 1 heterocycles. The first-order valence-electron chi connectivity index (χ1n) is 9.55. The Morgan fingerprint density at radius 2 is 1.96 bits per heavy atom. The van der Waals surface area contributed by atoms with Gasteiger partial charge in [0.15, 0.2) is 0 Å². The summed E-state index contributed by atoms with van der Waals surface area (Å²) in [5.74, 6) is 0.966. The van der Waals surface area contributed by atoms with Crippen molar-refractivity contribution in [2.75, 3.05) is 13.7 Å². The molecule has 2 aromatic carbocycles. The average Bonchev–Trinajstić information content (AvgIpc) is 3.14. The van der Waals surface area contributed by atoms with Crippen molar-refractivity contribution in [3.8, 4) is 5.75 Å². The van der Waals surface area contributed by atoms with Crippen LogP contribution in [0.5, 0.6) is 5.75 Å². The monoisotopic (exact) mass is 336 g/mol. The molecule has 2 atom stereocenters. The quantitative estimate of drug-likeness (QED) is 0.872. The number of para-hydroxylation sites is 1. The summed E-state index contributed by atoms with van der Waals surface area (Å²) in [5.41, 5.74) is 5.78. The molecule has 1 fully saturated rings. The van der Waals surface area contributed by atoms with Crippen molar-refractivity contribution < 1.29 is 4.74 Å². The summed E-state index contributed by atoms with van der Waals surface area (Å²) in [4.78, 5) is 0. The molecule has 0 spiro atoms. The van der Waals surface area contributed by atoms with E-state index in [2.05, 4.69) is 41.0 Å². The van der Waals surface area contributed by atoms with Crippen LogP contribution in [0.1, 0.15) is 47.6 Å². The number of nitrogens with one attached hydrogen (secondary N) is 2. The van der Waals surface area contributed by atoms with Gasteiger partial charge in [0.25, 0.3) is 0 Å². The van der Waals surface area contributed by atoms with Gasteiger partial charge in [-0.1, -0.05) is 36.4 Å². The third kappa shape index (κ3) is 3.58. The maximum atomic E-state index is 5.49. The molecule has 0 amide bonds. The second kappa shape index (κ2) is 7.59. The predicted octanol–water partition coefficient (Wildman–Crippen LogP) is 3.77. The first-order valence-corrected chi connectivity index (χ1v) is 9.55. The second-order valence-electron chi connectivity index (χ2n) is 7.25. The molecule has 0 radical (unpaired) electrons. The fourth-order valence-electron chi connectivity index (χ4n) is 4.33. The lowest BCUT2D eigenvalue weighted by molar-refractivity contribution is 0.302. The van der Waals surface area contributed by atoms with Gasteiger partial charge in [0, 0.05) is 24.2 Å². The first kappa shape index (κ1) is 16.6. The first-order chi connectivity index (χ1) is 12.3. The van der Waals surface area contributed by atoms with Crippen LogP contribution >= 0.6 is 0 Å². The van der Waals surface area contributed by atoms with Gasteiger partial charge in [-0.15, -0.1) is 0 Å². The van der Waals surface area contributed by atoms with E-state index in [1.807, 2.05) is 12.1 Å². The minimum atomic E-state index is 0.398. The van der Waals surface area contributed by atoms with Crippen LogP contribution in [0.3, 0.4) is 0 Å². The minimum absolute atomic E-state index is 0.398. The minimum Gasteiger partial charge on any atom is -0.496 e. The summed E-state index contributed by atoms with van der Waals surface area (Å²) in [6, 6.07) is 16.3. The highest BCUT2D eigenvalue weighted by atomic mass is 16.5. The van der Waals surface area contributed by atoms with Gasteiger partial charge >= 0.3 is 0 Å². The number of piperidine rings is 1. The Kier molecular flexibility index (Phi) is 5.04. The number of methoxy groups -OCH3 is 1. The molecule has 1 saturated heterocycles. The van der Waals surface area contributed by atoms with Crippen molar-refractivity contribution in [2.24, 2.45) is 0 Å². The number of hydrogen-bond donors (Lipinski definition) is 2. The van der Waals surface area contributed by atoms with E-state index in [9.17, 15) is 0 Å². The van der Waals surface area contributed by atoms with E-state index in [4.69, 9.17) is 4.74 Å². The van der Waals surface area contributed by atoms with E-state index in [-0.39, 0.29) is 0 Å². The number of hydrogen-bond acceptors (Lipinski definition) is 3. The molecule has 0 aromatic heterocycles. The highest BCUT2D eigenvalue weighted by Gasteiger charge is 2.27. The zero-order chi connectivity index (χ0) is 17.1. The molecule has 3 nitrogen and oxygen atoms in total. The molecule has 1 aliphatic carbocycles.